The van der Waals surface area contributed by atoms with Gasteiger partial charge in [0.2, 0.25) is 5.91 Å². The molecule has 0 saturated heterocycles. The Balaban J connectivity index is 1.55. The minimum Gasteiger partial charge on any atom is -0.459 e. The number of carbonyl (C=O) groups excluding carboxylic acids is 2. The number of benzene rings is 1. The third-order valence-electron chi connectivity index (χ3n) is 5.30. The first-order chi connectivity index (χ1) is 12.5. The molecule has 0 aliphatic heterocycles. The van der Waals surface area contributed by atoms with Gasteiger partial charge in [-0.05, 0) is 45.6 Å². The number of nitrogens with one attached hydrogen (secondary N) is 3. The Morgan fingerprint density at radius 1 is 1.15 bits per heavy atom. The Labute approximate surface area is 153 Å². The van der Waals surface area contributed by atoms with E-state index in [0.717, 1.165) is 48.0 Å². The van der Waals surface area contributed by atoms with Crippen molar-refractivity contribution in [3.8, 4) is 0 Å². The van der Waals surface area contributed by atoms with Crippen LogP contribution in [0, 0.1) is 12.8 Å². The molecule has 1 fully saturated rings. The summed E-state index contributed by atoms with van der Waals surface area (Å²) < 4.78 is 5.92. The lowest BCUT2D eigenvalue weighted by atomic mass is 9.85. The number of rotatable bonds is 4. The second-order valence-corrected chi connectivity index (χ2v) is 7.09. The Hall–Kier alpha value is -2.50. The monoisotopic (exact) mass is 357 g/mol. The predicted octanol–water partition coefficient (Wildman–Crippen LogP) is 3.41. The first-order valence-electron chi connectivity index (χ1n) is 9.26. The molecule has 1 heterocycles. The van der Waals surface area contributed by atoms with Crippen LogP contribution >= 0.6 is 0 Å². The molecule has 140 valence electrons. The van der Waals surface area contributed by atoms with Crippen LogP contribution < -0.4 is 16.0 Å². The predicted molar refractivity (Wildman–Crippen MR) is 101 cm³/mol. The minimum absolute atomic E-state index is 0.0678. The van der Waals surface area contributed by atoms with E-state index >= 15 is 0 Å². The molecule has 0 spiro atoms. The second kappa shape index (κ2) is 7.81. The average molecular weight is 357 g/mol. The number of aryl methyl sites for hydroxylation is 1. The van der Waals surface area contributed by atoms with Crippen LogP contribution in [0.25, 0.3) is 11.0 Å². The first kappa shape index (κ1) is 18.3. The van der Waals surface area contributed by atoms with Crippen LogP contribution in [0.4, 0.5) is 4.79 Å². The fourth-order valence-corrected chi connectivity index (χ4v) is 3.80. The van der Waals surface area contributed by atoms with E-state index in [4.69, 9.17) is 4.42 Å². The molecule has 1 aliphatic carbocycles. The quantitative estimate of drug-likeness (QED) is 0.784. The zero-order valence-electron chi connectivity index (χ0n) is 15.6. The van der Waals surface area contributed by atoms with E-state index in [1.165, 1.54) is 0 Å². The molecule has 0 bridgehead atoms. The molecule has 0 radical (unpaired) electrons. The minimum atomic E-state index is -0.218. The van der Waals surface area contributed by atoms with Gasteiger partial charge in [-0.2, -0.15) is 0 Å². The van der Waals surface area contributed by atoms with Crippen LogP contribution in [0.2, 0.25) is 0 Å². The average Bonchev–Trinajstić information content (AvgIpc) is 2.99. The second-order valence-electron chi connectivity index (χ2n) is 7.09. The summed E-state index contributed by atoms with van der Waals surface area (Å²) in [5.41, 5.74) is 1.89. The lowest BCUT2D eigenvalue weighted by Gasteiger charge is -2.28. The molecule has 3 rings (SSSR count). The lowest BCUT2D eigenvalue weighted by molar-refractivity contribution is -0.125. The van der Waals surface area contributed by atoms with Crippen molar-refractivity contribution in [2.45, 2.75) is 51.6 Å². The number of furan rings is 1. The van der Waals surface area contributed by atoms with Gasteiger partial charge in [0.1, 0.15) is 11.3 Å². The normalized spacial score (nSPS) is 21.2. The summed E-state index contributed by atoms with van der Waals surface area (Å²) in [6.07, 6.45) is 3.26. The van der Waals surface area contributed by atoms with Gasteiger partial charge in [0.15, 0.2) is 0 Å². The van der Waals surface area contributed by atoms with E-state index in [1.54, 1.807) is 7.05 Å². The summed E-state index contributed by atoms with van der Waals surface area (Å²) >= 11 is 0. The largest absolute Gasteiger partial charge is 0.459 e. The van der Waals surface area contributed by atoms with Crippen molar-refractivity contribution in [1.29, 1.82) is 0 Å². The first-order valence-corrected chi connectivity index (χ1v) is 9.26. The molecule has 1 atom stereocenters. The zero-order chi connectivity index (χ0) is 18.7. The van der Waals surface area contributed by atoms with Crippen molar-refractivity contribution in [3.63, 3.8) is 0 Å². The third kappa shape index (κ3) is 3.84. The SMILES string of the molecule is CNC(=O)C1CCC(NC(=O)N[C@@H](C)c2oc3ccccc3c2C)CC1. The van der Waals surface area contributed by atoms with Crippen LogP contribution in [0.3, 0.4) is 0 Å². The Bertz CT molecular complexity index is 791. The number of amides is 3. The molecule has 6 nitrogen and oxygen atoms in total. The fourth-order valence-electron chi connectivity index (χ4n) is 3.80. The summed E-state index contributed by atoms with van der Waals surface area (Å²) in [5, 5.41) is 9.77. The van der Waals surface area contributed by atoms with E-state index in [2.05, 4.69) is 16.0 Å². The number of hydrogen-bond donors (Lipinski definition) is 3. The summed E-state index contributed by atoms with van der Waals surface area (Å²) in [6, 6.07) is 7.58. The van der Waals surface area contributed by atoms with Gasteiger partial charge >= 0.3 is 6.03 Å². The van der Waals surface area contributed by atoms with Crippen molar-refractivity contribution in [3.05, 3.63) is 35.6 Å². The summed E-state index contributed by atoms with van der Waals surface area (Å²) in [6.45, 7) is 3.93. The highest BCUT2D eigenvalue weighted by atomic mass is 16.3. The van der Waals surface area contributed by atoms with Crippen LogP contribution in [0.1, 0.15) is 50.0 Å². The topological polar surface area (TPSA) is 83.4 Å². The molecule has 1 aromatic heterocycles. The van der Waals surface area contributed by atoms with Crippen LogP contribution in [0.5, 0.6) is 0 Å². The number of para-hydroxylation sites is 1. The maximum atomic E-state index is 12.3. The van der Waals surface area contributed by atoms with E-state index in [9.17, 15) is 9.59 Å². The summed E-state index contributed by atoms with van der Waals surface area (Å²) in [4.78, 5) is 24.0. The van der Waals surface area contributed by atoms with Crippen molar-refractivity contribution >= 4 is 22.9 Å². The zero-order valence-corrected chi connectivity index (χ0v) is 15.6. The molecule has 6 heteroatoms. The molecule has 1 aromatic carbocycles. The van der Waals surface area contributed by atoms with Gasteiger partial charge in [-0.25, -0.2) is 4.79 Å². The molecule has 1 saturated carbocycles. The number of hydrogen-bond acceptors (Lipinski definition) is 3. The van der Waals surface area contributed by atoms with Gasteiger partial charge in [-0.1, -0.05) is 18.2 Å². The molecule has 1 aliphatic rings. The van der Waals surface area contributed by atoms with Crippen LogP contribution in [-0.4, -0.2) is 25.0 Å². The highest BCUT2D eigenvalue weighted by molar-refractivity contribution is 5.82. The van der Waals surface area contributed by atoms with Crippen molar-refractivity contribution in [2.24, 2.45) is 5.92 Å². The van der Waals surface area contributed by atoms with Crippen LogP contribution in [0.15, 0.2) is 28.7 Å². The van der Waals surface area contributed by atoms with Crippen LogP contribution in [-0.2, 0) is 4.79 Å². The molecular formula is C20H27N3O3. The lowest BCUT2D eigenvalue weighted by Crippen LogP contribution is -2.45. The van der Waals surface area contributed by atoms with Crippen molar-refractivity contribution in [1.82, 2.24) is 16.0 Å². The van der Waals surface area contributed by atoms with Gasteiger partial charge in [0.25, 0.3) is 0 Å². The van der Waals surface area contributed by atoms with Crippen molar-refractivity contribution < 1.29 is 14.0 Å². The van der Waals surface area contributed by atoms with Crippen molar-refractivity contribution in [2.75, 3.05) is 7.05 Å². The molecule has 0 unspecified atom stereocenters. The van der Waals surface area contributed by atoms with E-state index in [0.29, 0.717) is 0 Å². The molecule has 3 amide bonds. The van der Waals surface area contributed by atoms with Gasteiger partial charge < -0.3 is 20.4 Å². The molecular weight excluding hydrogens is 330 g/mol. The Kier molecular flexibility index (Phi) is 5.49. The van der Waals surface area contributed by atoms with E-state index in [1.807, 2.05) is 38.1 Å². The van der Waals surface area contributed by atoms with Gasteiger partial charge in [-0.15, -0.1) is 0 Å². The number of fused-ring (bicyclic) bond motifs is 1. The highest BCUT2D eigenvalue weighted by Gasteiger charge is 2.27. The third-order valence-corrected chi connectivity index (χ3v) is 5.30. The number of carbonyl (C=O) groups is 2. The Morgan fingerprint density at radius 3 is 2.50 bits per heavy atom. The summed E-state index contributed by atoms with van der Waals surface area (Å²) in [7, 11) is 1.67. The summed E-state index contributed by atoms with van der Waals surface area (Å²) in [5.74, 6) is 0.949. The van der Waals surface area contributed by atoms with Gasteiger partial charge in [0.05, 0.1) is 6.04 Å². The molecule has 2 aromatic rings. The van der Waals surface area contributed by atoms with E-state index < -0.39 is 0 Å². The Morgan fingerprint density at radius 2 is 1.85 bits per heavy atom. The van der Waals surface area contributed by atoms with Gasteiger partial charge in [0, 0.05) is 30.0 Å². The standard InChI is InChI=1S/C20H27N3O3/c1-12-16-6-4-5-7-17(16)26-18(12)13(2)22-20(25)23-15-10-8-14(9-11-15)19(24)21-3/h4-7,13-15H,8-11H2,1-3H3,(H,21,24)(H2,22,23,25)/t13-,14?,15?/m0/s1. The number of urea groups is 1. The van der Waals surface area contributed by atoms with Gasteiger partial charge in [-0.3, -0.25) is 4.79 Å². The van der Waals surface area contributed by atoms with E-state index in [-0.39, 0.29) is 29.9 Å². The molecule has 3 N–H and O–H groups in total. The molecule has 26 heavy (non-hydrogen) atoms. The fraction of sp³-hybridized carbons (Fsp3) is 0.500. The smallest absolute Gasteiger partial charge is 0.315 e. The highest BCUT2D eigenvalue weighted by Crippen LogP contribution is 2.29. The maximum Gasteiger partial charge on any atom is 0.315 e. The maximum absolute atomic E-state index is 12.3.